The number of nitrogens with zero attached hydrogens (tertiary/aromatic N) is 2. The van der Waals surface area contributed by atoms with E-state index in [0.29, 0.717) is 9.55 Å². The van der Waals surface area contributed by atoms with E-state index in [1.165, 1.54) is 28.0 Å². The van der Waals surface area contributed by atoms with Crippen LogP contribution in [0.1, 0.15) is 34.7 Å². The standard InChI is InChI=1S/C27H19ClN2OS/c28-20-13-10-17(11-14-20)16-23-26(31)30-25(19-7-2-1-3-8-19)22-15-12-18-6-4-5-9-21(18)24(22)29-27(30)32-23/h1-11,13-14,16,25H,12,15H2/t25-/m0/s1. The van der Waals surface area contributed by atoms with Crippen molar-refractivity contribution in [1.82, 2.24) is 4.57 Å². The van der Waals surface area contributed by atoms with Crippen LogP contribution in [0.2, 0.25) is 5.02 Å². The lowest BCUT2D eigenvalue weighted by atomic mass is 9.83. The summed E-state index contributed by atoms with van der Waals surface area (Å²) in [6, 6.07) is 26.2. The van der Waals surface area contributed by atoms with Gasteiger partial charge in [-0.25, -0.2) is 4.99 Å². The fourth-order valence-electron chi connectivity index (χ4n) is 4.67. The fourth-order valence-corrected chi connectivity index (χ4v) is 5.80. The molecular formula is C27H19ClN2OS. The van der Waals surface area contributed by atoms with Gasteiger partial charge in [-0.15, -0.1) is 0 Å². The molecule has 0 unspecified atom stereocenters. The van der Waals surface area contributed by atoms with Gasteiger partial charge in [-0.05, 0) is 53.3 Å². The van der Waals surface area contributed by atoms with Crippen LogP contribution in [0.4, 0.5) is 0 Å². The molecule has 0 saturated carbocycles. The van der Waals surface area contributed by atoms with Crippen LogP contribution in [0.25, 0.3) is 11.8 Å². The summed E-state index contributed by atoms with van der Waals surface area (Å²) in [7, 11) is 0. The van der Waals surface area contributed by atoms with Crippen LogP contribution in [-0.4, -0.2) is 4.57 Å². The van der Waals surface area contributed by atoms with Crippen LogP contribution in [0.3, 0.4) is 0 Å². The van der Waals surface area contributed by atoms with Crippen molar-refractivity contribution in [2.24, 2.45) is 4.99 Å². The molecule has 6 rings (SSSR count). The second-order valence-electron chi connectivity index (χ2n) is 8.08. The van der Waals surface area contributed by atoms with Crippen LogP contribution in [-0.2, 0) is 6.42 Å². The van der Waals surface area contributed by atoms with E-state index in [1.54, 1.807) is 0 Å². The van der Waals surface area contributed by atoms with Crippen molar-refractivity contribution >= 4 is 34.7 Å². The molecule has 32 heavy (non-hydrogen) atoms. The van der Waals surface area contributed by atoms with Crippen LogP contribution >= 0.6 is 22.9 Å². The lowest BCUT2D eigenvalue weighted by molar-refractivity contribution is 0.585. The number of aromatic nitrogens is 1. The number of fused-ring (bicyclic) bond motifs is 3. The summed E-state index contributed by atoms with van der Waals surface area (Å²) in [6.45, 7) is 0. The summed E-state index contributed by atoms with van der Waals surface area (Å²) in [6.07, 6.45) is 3.79. The molecule has 0 saturated heterocycles. The monoisotopic (exact) mass is 454 g/mol. The van der Waals surface area contributed by atoms with Gasteiger partial charge in [0.1, 0.15) is 0 Å². The minimum absolute atomic E-state index is 0.00274. The third kappa shape index (κ3) is 3.19. The smallest absolute Gasteiger partial charge is 0.271 e. The van der Waals surface area contributed by atoms with Gasteiger partial charge in [0.15, 0.2) is 4.80 Å². The van der Waals surface area contributed by atoms with Crippen molar-refractivity contribution in [2.45, 2.75) is 18.9 Å². The summed E-state index contributed by atoms with van der Waals surface area (Å²) >= 11 is 7.48. The Bertz CT molecular complexity index is 1550. The second kappa shape index (κ2) is 7.73. The zero-order chi connectivity index (χ0) is 21.7. The first-order valence-electron chi connectivity index (χ1n) is 10.6. The molecule has 2 heterocycles. The Morgan fingerprint density at radius 1 is 0.938 bits per heavy atom. The first-order valence-corrected chi connectivity index (χ1v) is 11.8. The van der Waals surface area contributed by atoms with Crippen molar-refractivity contribution in [3.63, 3.8) is 0 Å². The van der Waals surface area contributed by atoms with Gasteiger partial charge >= 0.3 is 0 Å². The van der Waals surface area contributed by atoms with E-state index in [2.05, 4.69) is 36.4 Å². The van der Waals surface area contributed by atoms with Crippen molar-refractivity contribution in [3.05, 3.63) is 131 Å². The Labute approximate surface area is 194 Å². The van der Waals surface area contributed by atoms with Crippen molar-refractivity contribution in [1.29, 1.82) is 0 Å². The quantitative estimate of drug-likeness (QED) is 0.421. The molecule has 0 amide bonds. The molecule has 3 nitrogen and oxygen atoms in total. The van der Waals surface area contributed by atoms with Crippen molar-refractivity contribution < 1.29 is 0 Å². The molecule has 1 atom stereocenters. The molecule has 0 N–H and O–H groups in total. The Balaban J connectivity index is 1.62. The Morgan fingerprint density at radius 2 is 1.69 bits per heavy atom. The third-order valence-corrected chi connectivity index (χ3v) is 7.39. The Morgan fingerprint density at radius 3 is 2.50 bits per heavy atom. The number of allylic oxidation sites excluding steroid dienone is 1. The molecule has 0 fully saturated rings. The molecule has 1 aliphatic carbocycles. The minimum atomic E-state index is -0.136. The molecule has 0 radical (unpaired) electrons. The van der Waals surface area contributed by atoms with Gasteiger partial charge in [-0.3, -0.25) is 9.36 Å². The first kappa shape index (κ1) is 19.5. The lowest BCUT2D eigenvalue weighted by Crippen LogP contribution is -2.38. The summed E-state index contributed by atoms with van der Waals surface area (Å²) in [4.78, 5) is 19.4. The van der Waals surface area contributed by atoms with E-state index < -0.39 is 0 Å². The Hall–Kier alpha value is -3.21. The van der Waals surface area contributed by atoms with Gasteiger partial charge < -0.3 is 0 Å². The van der Waals surface area contributed by atoms with Gasteiger partial charge in [0.05, 0.1) is 16.3 Å². The molecule has 156 valence electrons. The average molecular weight is 455 g/mol. The van der Waals surface area contributed by atoms with E-state index >= 15 is 0 Å². The number of aryl methyl sites for hydroxylation is 1. The molecule has 0 spiro atoms. The average Bonchev–Trinajstić information content (AvgIpc) is 3.14. The fraction of sp³-hybridized carbons (Fsp3) is 0.111. The van der Waals surface area contributed by atoms with Gasteiger partial charge in [0.2, 0.25) is 0 Å². The predicted octanol–water partition coefficient (Wildman–Crippen LogP) is 4.97. The van der Waals surface area contributed by atoms with Crippen LogP contribution in [0.5, 0.6) is 0 Å². The van der Waals surface area contributed by atoms with Crippen LogP contribution in [0, 0.1) is 0 Å². The number of hydrogen-bond acceptors (Lipinski definition) is 3. The summed E-state index contributed by atoms with van der Waals surface area (Å²) in [5, 5.41) is 0.680. The maximum absolute atomic E-state index is 13.6. The maximum Gasteiger partial charge on any atom is 0.271 e. The third-order valence-electron chi connectivity index (χ3n) is 6.16. The number of halogens is 1. The maximum atomic E-state index is 13.6. The highest BCUT2D eigenvalue weighted by atomic mass is 35.5. The first-order chi connectivity index (χ1) is 15.7. The predicted molar refractivity (Wildman–Crippen MR) is 131 cm³/mol. The zero-order valence-electron chi connectivity index (χ0n) is 17.2. The normalized spacial score (nSPS) is 17.4. The van der Waals surface area contributed by atoms with Gasteiger partial charge in [-0.2, -0.15) is 0 Å². The second-order valence-corrected chi connectivity index (χ2v) is 9.52. The molecule has 4 aromatic rings. The largest absolute Gasteiger partial charge is 0.272 e. The number of hydrogen-bond donors (Lipinski definition) is 0. The molecular weight excluding hydrogens is 436 g/mol. The van der Waals surface area contributed by atoms with Crippen LogP contribution in [0.15, 0.2) is 94.2 Å². The number of benzene rings is 3. The molecule has 1 aromatic heterocycles. The van der Waals surface area contributed by atoms with E-state index in [-0.39, 0.29) is 11.6 Å². The Kier molecular flexibility index (Phi) is 4.71. The van der Waals surface area contributed by atoms with Crippen LogP contribution < -0.4 is 14.9 Å². The summed E-state index contributed by atoms with van der Waals surface area (Å²) < 4.78 is 2.56. The highest BCUT2D eigenvalue weighted by molar-refractivity contribution is 7.07. The zero-order valence-corrected chi connectivity index (χ0v) is 18.7. The molecule has 1 aliphatic heterocycles. The minimum Gasteiger partial charge on any atom is -0.272 e. The lowest BCUT2D eigenvalue weighted by Gasteiger charge is -2.30. The number of rotatable bonds is 2. The van der Waals surface area contributed by atoms with Crippen molar-refractivity contribution in [3.8, 4) is 0 Å². The van der Waals surface area contributed by atoms with Crippen molar-refractivity contribution in [2.75, 3.05) is 0 Å². The topological polar surface area (TPSA) is 34.4 Å². The highest BCUT2D eigenvalue weighted by Crippen LogP contribution is 2.41. The van der Waals surface area contributed by atoms with Gasteiger partial charge in [-0.1, -0.05) is 89.7 Å². The summed E-state index contributed by atoms with van der Waals surface area (Å²) in [5.74, 6) is 0. The van der Waals surface area contributed by atoms with E-state index in [0.717, 1.165) is 34.5 Å². The van der Waals surface area contributed by atoms with E-state index in [1.807, 2.05) is 53.1 Å². The molecule has 5 heteroatoms. The van der Waals surface area contributed by atoms with Gasteiger partial charge in [0.25, 0.3) is 5.56 Å². The highest BCUT2D eigenvalue weighted by Gasteiger charge is 2.32. The van der Waals surface area contributed by atoms with Gasteiger partial charge in [0, 0.05) is 10.6 Å². The summed E-state index contributed by atoms with van der Waals surface area (Å²) in [5.41, 5.74) is 6.83. The molecule has 3 aromatic carbocycles. The molecule has 2 aliphatic rings. The van der Waals surface area contributed by atoms with E-state index in [9.17, 15) is 4.79 Å². The SMILES string of the molecule is O=c1c(=Cc2ccc(Cl)cc2)sc2n1[C@@H](c1ccccc1)C1=C(N=2)c2ccccc2CC1. The molecule has 0 bridgehead atoms. The van der Waals surface area contributed by atoms with E-state index in [4.69, 9.17) is 16.6 Å². The number of thiazole rings is 1.